The van der Waals surface area contributed by atoms with Crippen LogP contribution in [0.3, 0.4) is 0 Å². The van der Waals surface area contributed by atoms with Gasteiger partial charge in [0.2, 0.25) is 5.91 Å². The summed E-state index contributed by atoms with van der Waals surface area (Å²) in [6.45, 7) is 3.38. The third-order valence-electron chi connectivity index (χ3n) is 3.21. The quantitative estimate of drug-likeness (QED) is 0.769. The summed E-state index contributed by atoms with van der Waals surface area (Å²) in [6, 6.07) is 10.2. The molecule has 0 aliphatic carbocycles. The number of carbonyl (C=O) groups is 1. The van der Waals surface area contributed by atoms with Gasteiger partial charge in [-0.05, 0) is 12.0 Å². The van der Waals surface area contributed by atoms with Crippen molar-refractivity contribution in [3.63, 3.8) is 0 Å². The molecular weight excluding hydrogens is 214 g/mol. The molecule has 1 aromatic rings. The van der Waals surface area contributed by atoms with Crippen molar-refractivity contribution in [3.8, 4) is 0 Å². The van der Waals surface area contributed by atoms with Crippen molar-refractivity contribution >= 4 is 5.91 Å². The normalized spacial score (nSPS) is 21.3. The predicted molar refractivity (Wildman–Crippen MR) is 67.6 cm³/mol. The van der Waals surface area contributed by atoms with Crippen LogP contribution in [-0.2, 0) is 11.2 Å². The Morgan fingerprint density at radius 1 is 1.41 bits per heavy atom. The summed E-state index contributed by atoms with van der Waals surface area (Å²) in [5.41, 5.74) is 6.71. The molecule has 4 heteroatoms. The second-order valence-electron chi connectivity index (χ2n) is 4.39. The van der Waals surface area contributed by atoms with Gasteiger partial charge in [-0.2, -0.15) is 0 Å². The second kappa shape index (κ2) is 5.80. The average Bonchev–Trinajstić information content (AvgIpc) is 2.38. The van der Waals surface area contributed by atoms with Gasteiger partial charge in [0, 0.05) is 26.2 Å². The zero-order chi connectivity index (χ0) is 12.1. The highest BCUT2D eigenvalue weighted by atomic mass is 16.1. The second-order valence-corrected chi connectivity index (χ2v) is 4.39. The minimum Gasteiger partial charge on any atom is -0.368 e. The first-order chi connectivity index (χ1) is 8.27. The Labute approximate surface area is 102 Å². The van der Waals surface area contributed by atoms with Gasteiger partial charge in [-0.15, -0.1) is 0 Å². The lowest BCUT2D eigenvalue weighted by Gasteiger charge is -2.34. The Morgan fingerprint density at radius 2 is 2.18 bits per heavy atom. The first-order valence-electron chi connectivity index (χ1n) is 6.05. The lowest BCUT2D eigenvalue weighted by Crippen LogP contribution is -2.57. The number of nitrogens with one attached hydrogen (secondary N) is 1. The summed E-state index contributed by atoms with van der Waals surface area (Å²) in [4.78, 5) is 13.5. The van der Waals surface area contributed by atoms with Gasteiger partial charge in [-0.25, -0.2) is 0 Å². The van der Waals surface area contributed by atoms with Gasteiger partial charge in [0.15, 0.2) is 0 Å². The van der Waals surface area contributed by atoms with Crippen molar-refractivity contribution in [2.24, 2.45) is 5.73 Å². The number of hydrogen-bond acceptors (Lipinski definition) is 3. The molecule has 3 N–H and O–H groups in total. The lowest BCUT2D eigenvalue weighted by atomic mass is 10.1. The number of amides is 1. The Kier molecular flexibility index (Phi) is 4.12. The maximum atomic E-state index is 11.3. The van der Waals surface area contributed by atoms with Crippen LogP contribution in [0.4, 0.5) is 0 Å². The van der Waals surface area contributed by atoms with Gasteiger partial charge in [0.1, 0.15) is 6.04 Å². The van der Waals surface area contributed by atoms with Crippen LogP contribution >= 0.6 is 0 Å². The molecule has 1 saturated heterocycles. The highest BCUT2D eigenvalue weighted by molar-refractivity contribution is 5.80. The van der Waals surface area contributed by atoms with Crippen molar-refractivity contribution in [3.05, 3.63) is 35.9 Å². The molecule has 1 heterocycles. The van der Waals surface area contributed by atoms with Gasteiger partial charge in [-0.3, -0.25) is 9.69 Å². The fourth-order valence-corrected chi connectivity index (χ4v) is 2.21. The first kappa shape index (κ1) is 12.1. The Bertz CT molecular complexity index is 366. The van der Waals surface area contributed by atoms with E-state index in [2.05, 4.69) is 22.3 Å². The highest BCUT2D eigenvalue weighted by Gasteiger charge is 2.25. The summed E-state index contributed by atoms with van der Waals surface area (Å²) in [6.07, 6.45) is 0.963. The van der Waals surface area contributed by atoms with Crippen LogP contribution in [0, 0.1) is 0 Å². The molecule has 0 spiro atoms. The van der Waals surface area contributed by atoms with E-state index in [1.807, 2.05) is 18.2 Å². The Balaban J connectivity index is 1.90. The van der Waals surface area contributed by atoms with Gasteiger partial charge in [-0.1, -0.05) is 30.3 Å². The molecule has 1 aromatic carbocycles. The fourth-order valence-electron chi connectivity index (χ4n) is 2.21. The van der Waals surface area contributed by atoms with E-state index in [0.717, 1.165) is 26.1 Å². The molecule has 0 bridgehead atoms. The highest BCUT2D eigenvalue weighted by Crippen LogP contribution is 2.06. The van der Waals surface area contributed by atoms with Gasteiger partial charge in [0.05, 0.1) is 0 Å². The third-order valence-corrected chi connectivity index (χ3v) is 3.21. The number of rotatable bonds is 4. The van der Waals surface area contributed by atoms with Crippen molar-refractivity contribution in [1.82, 2.24) is 10.2 Å². The fraction of sp³-hybridized carbons (Fsp3) is 0.462. The number of carbonyl (C=O) groups excluding carboxylic acids is 1. The van der Waals surface area contributed by atoms with Crippen molar-refractivity contribution in [2.75, 3.05) is 26.2 Å². The molecular formula is C13H19N3O. The molecule has 1 atom stereocenters. The topological polar surface area (TPSA) is 58.4 Å². The van der Waals surface area contributed by atoms with Crippen LogP contribution in [0.5, 0.6) is 0 Å². The molecule has 17 heavy (non-hydrogen) atoms. The van der Waals surface area contributed by atoms with Gasteiger partial charge < -0.3 is 11.1 Å². The molecule has 1 fully saturated rings. The molecule has 0 saturated carbocycles. The Hall–Kier alpha value is -1.39. The molecule has 1 unspecified atom stereocenters. The summed E-state index contributed by atoms with van der Waals surface area (Å²) < 4.78 is 0. The summed E-state index contributed by atoms with van der Waals surface area (Å²) >= 11 is 0. The van der Waals surface area contributed by atoms with Crippen LogP contribution in [0.15, 0.2) is 30.3 Å². The molecule has 4 nitrogen and oxygen atoms in total. The van der Waals surface area contributed by atoms with Crippen LogP contribution < -0.4 is 11.1 Å². The maximum Gasteiger partial charge on any atom is 0.236 e. The van der Waals surface area contributed by atoms with E-state index in [9.17, 15) is 4.79 Å². The first-order valence-corrected chi connectivity index (χ1v) is 6.05. The van der Waals surface area contributed by atoms with E-state index < -0.39 is 0 Å². The maximum absolute atomic E-state index is 11.3. The number of nitrogens with zero attached hydrogens (tertiary/aromatic N) is 1. The minimum atomic E-state index is -0.231. The SMILES string of the molecule is NC(=O)C1CNCCN1CCc1ccccc1. The van der Waals surface area contributed by atoms with E-state index in [0.29, 0.717) is 6.54 Å². The van der Waals surface area contributed by atoms with Crippen molar-refractivity contribution in [2.45, 2.75) is 12.5 Å². The molecule has 0 radical (unpaired) electrons. The van der Waals surface area contributed by atoms with Crippen LogP contribution in [-0.4, -0.2) is 43.0 Å². The zero-order valence-electron chi connectivity index (χ0n) is 9.93. The van der Waals surface area contributed by atoms with Crippen molar-refractivity contribution < 1.29 is 4.79 Å². The summed E-state index contributed by atoms with van der Waals surface area (Å²) in [5, 5.41) is 3.20. The molecule has 1 aliphatic heterocycles. The monoisotopic (exact) mass is 233 g/mol. The lowest BCUT2D eigenvalue weighted by molar-refractivity contribution is -0.123. The van der Waals surface area contributed by atoms with E-state index in [4.69, 9.17) is 5.73 Å². The van der Waals surface area contributed by atoms with Gasteiger partial charge >= 0.3 is 0 Å². The molecule has 1 aliphatic rings. The van der Waals surface area contributed by atoms with Crippen molar-refractivity contribution in [1.29, 1.82) is 0 Å². The number of piperazine rings is 1. The number of nitrogens with two attached hydrogens (primary N) is 1. The smallest absolute Gasteiger partial charge is 0.236 e. The van der Waals surface area contributed by atoms with Crippen LogP contribution in [0.1, 0.15) is 5.56 Å². The largest absolute Gasteiger partial charge is 0.368 e. The van der Waals surface area contributed by atoms with Crippen LogP contribution in [0.25, 0.3) is 0 Å². The number of primary amides is 1. The molecule has 92 valence electrons. The van der Waals surface area contributed by atoms with E-state index in [1.165, 1.54) is 5.56 Å². The van der Waals surface area contributed by atoms with Gasteiger partial charge in [0.25, 0.3) is 0 Å². The summed E-state index contributed by atoms with van der Waals surface area (Å²) in [7, 11) is 0. The molecule has 0 aromatic heterocycles. The Morgan fingerprint density at radius 3 is 2.88 bits per heavy atom. The molecule has 1 amide bonds. The number of hydrogen-bond donors (Lipinski definition) is 2. The van der Waals surface area contributed by atoms with E-state index in [1.54, 1.807) is 0 Å². The zero-order valence-corrected chi connectivity index (χ0v) is 9.93. The summed E-state index contributed by atoms with van der Waals surface area (Å²) in [5.74, 6) is -0.231. The van der Waals surface area contributed by atoms with Crippen LogP contribution in [0.2, 0.25) is 0 Å². The average molecular weight is 233 g/mol. The predicted octanol–water partition coefficient (Wildman–Crippen LogP) is -0.0118. The minimum absolute atomic E-state index is 0.160. The number of benzene rings is 1. The van der Waals surface area contributed by atoms with E-state index in [-0.39, 0.29) is 11.9 Å². The standard InChI is InChI=1S/C13H19N3O/c14-13(17)12-10-15-7-9-16(12)8-6-11-4-2-1-3-5-11/h1-5,12,15H,6-10H2,(H2,14,17). The van der Waals surface area contributed by atoms with E-state index >= 15 is 0 Å². The third kappa shape index (κ3) is 3.28. The molecule has 2 rings (SSSR count).